The van der Waals surface area contributed by atoms with Crippen molar-refractivity contribution in [2.75, 3.05) is 19.8 Å². The molecule has 0 aliphatic heterocycles. The molecule has 178 valence electrons. The van der Waals surface area contributed by atoms with Gasteiger partial charge in [-0.3, -0.25) is 14.4 Å². The Morgan fingerprint density at radius 3 is 1.82 bits per heavy atom. The Morgan fingerprint density at radius 1 is 0.758 bits per heavy atom. The van der Waals surface area contributed by atoms with Crippen molar-refractivity contribution in [3.8, 4) is 0 Å². The lowest BCUT2D eigenvalue weighted by Gasteiger charge is -2.23. The fourth-order valence-corrected chi connectivity index (χ4v) is 3.30. The number of hydrogen-bond donors (Lipinski definition) is 3. The molecule has 0 heterocycles. The van der Waals surface area contributed by atoms with Gasteiger partial charge in [-0.15, -0.1) is 0 Å². The number of carbonyl (C=O) groups excluding carboxylic acids is 3. The molecule has 3 N–H and O–H groups in total. The Bertz CT molecular complexity index is 858. The van der Waals surface area contributed by atoms with E-state index in [1.54, 1.807) is 6.92 Å². The van der Waals surface area contributed by atoms with Crippen LogP contribution in [0.2, 0.25) is 0 Å². The molecule has 7 nitrogen and oxygen atoms in total. The summed E-state index contributed by atoms with van der Waals surface area (Å²) in [5, 5.41) is 8.49. The maximum Gasteiger partial charge on any atom is 0.243 e. The van der Waals surface area contributed by atoms with Gasteiger partial charge in [0.15, 0.2) is 0 Å². The average molecular weight is 454 g/mol. The SMILES string of the molecule is CCCOCCNC(=O)[C@H](Cc1ccccc1)NC(=O)[C@H](Cc1ccccc1)NC(=O)CC. The highest BCUT2D eigenvalue weighted by atomic mass is 16.5. The van der Waals surface area contributed by atoms with Gasteiger partial charge in [-0.25, -0.2) is 0 Å². The van der Waals surface area contributed by atoms with Crippen molar-refractivity contribution >= 4 is 17.7 Å². The van der Waals surface area contributed by atoms with Crippen molar-refractivity contribution in [1.82, 2.24) is 16.0 Å². The Hall–Kier alpha value is -3.19. The van der Waals surface area contributed by atoms with E-state index in [1.807, 2.05) is 67.6 Å². The first-order chi connectivity index (χ1) is 16.0. The molecule has 0 radical (unpaired) electrons. The largest absolute Gasteiger partial charge is 0.380 e. The van der Waals surface area contributed by atoms with Gasteiger partial charge in [0.1, 0.15) is 12.1 Å². The van der Waals surface area contributed by atoms with Crippen LogP contribution in [0.25, 0.3) is 0 Å². The fraction of sp³-hybridized carbons (Fsp3) is 0.423. The molecule has 2 atom stereocenters. The number of amides is 3. The normalized spacial score (nSPS) is 12.4. The minimum atomic E-state index is -0.779. The predicted octanol–water partition coefficient (Wildman–Crippen LogP) is 2.39. The minimum absolute atomic E-state index is 0.219. The molecule has 2 rings (SSSR count). The van der Waals surface area contributed by atoms with Crippen molar-refractivity contribution in [3.05, 3.63) is 71.8 Å². The summed E-state index contributed by atoms with van der Waals surface area (Å²) in [7, 11) is 0. The number of hydrogen-bond acceptors (Lipinski definition) is 4. The van der Waals surface area contributed by atoms with Crippen LogP contribution in [-0.4, -0.2) is 49.6 Å². The third-order valence-electron chi connectivity index (χ3n) is 5.07. The molecule has 0 saturated carbocycles. The number of nitrogens with one attached hydrogen (secondary N) is 3. The van der Waals surface area contributed by atoms with Crippen LogP contribution in [0.1, 0.15) is 37.8 Å². The Labute approximate surface area is 196 Å². The van der Waals surface area contributed by atoms with Crippen LogP contribution < -0.4 is 16.0 Å². The fourth-order valence-electron chi connectivity index (χ4n) is 3.30. The van der Waals surface area contributed by atoms with E-state index in [2.05, 4.69) is 16.0 Å². The third-order valence-corrected chi connectivity index (χ3v) is 5.07. The van der Waals surface area contributed by atoms with E-state index in [4.69, 9.17) is 4.74 Å². The molecule has 0 fully saturated rings. The molecule has 0 bridgehead atoms. The topological polar surface area (TPSA) is 96.5 Å². The van der Waals surface area contributed by atoms with Crippen molar-refractivity contribution < 1.29 is 19.1 Å². The van der Waals surface area contributed by atoms with Crippen molar-refractivity contribution in [1.29, 1.82) is 0 Å². The van der Waals surface area contributed by atoms with Gasteiger partial charge in [-0.1, -0.05) is 74.5 Å². The maximum absolute atomic E-state index is 13.2. The Morgan fingerprint density at radius 2 is 1.30 bits per heavy atom. The lowest BCUT2D eigenvalue weighted by molar-refractivity contribution is -0.132. The smallest absolute Gasteiger partial charge is 0.243 e. The van der Waals surface area contributed by atoms with Gasteiger partial charge in [0.2, 0.25) is 17.7 Å². The minimum Gasteiger partial charge on any atom is -0.380 e. The summed E-state index contributed by atoms with van der Waals surface area (Å²) >= 11 is 0. The van der Waals surface area contributed by atoms with Gasteiger partial charge in [0.25, 0.3) is 0 Å². The molecule has 0 aliphatic carbocycles. The van der Waals surface area contributed by atoms with Gasteiger partial charge in [0.05, 0.1) is 6.61 Å². The van der Waals surface area contributed by atoms with Crippen molar-refractivity contribution in [2.24, 2.45) is 0 Å². The highest BCUT2D eigenvalue weighted by molar-refractivity contribution is 5.92. The summed E-state index contributed by atoms with van der Waals surface area (Å²) < 4.78 is 5.42. The average Bonchev–Trinajstić information content (AvgIpc) is 2.84. The zero-order valence-electron chi connectivity index (χ0n) is 19.5. The van der Waals surface area contributed by atoms with E-state index in [9.17, 15) is 14.4 Å². The summed E-state index contributed by atoms with van der Waals surface area (Å²) in [5.41, 5.74) is 1.85. The quantitative estimate of drug-likeness (QED) is 0.383. The van der Waals surface area contributed by atoms with E-state index < -0.39 is 12.1 Å². The van der Waals surface area contributed by atoms with Gasteiger partial charge in [-0.05, 0) is 17.5 Å². The van der Waals surface area contributed by atoms with E-state index in [0.717, 1.165) is 17.5 Å². The molecular formula is C26H35N3O4. The molecule has 7 heteroatoms. The van der Waals surface area contributed by atoms with Gasteiger partial charge in [0, 0.05) is 32.4 Å². The number of rotatable bonds is 14. The first-order valence-corrected chi connectivity index (χ1v) is 11.6. The molecule has 0 spiro atoms. The zero-order chi connectivity index (χ0) is 23.9. The standard InChI is InChI=1S/C26H35N3O4/c1-3-16-33-17-15-27-25(31)22(18-20-11-7-5-8-12-20)29-26(32)23(28-24(30)4-2)19-21-13-9-6-10-14-21/h5-14,22-23H,3-4,15-19H2,1-2H3,(H,27,31)(H,28,30)(H,29,32)/t22-,23-/m0/s1. The van der Waals surface area contributed by atoms with Crippen LogP contribution in [0.15, 0.2) is 60.7 Å². The molecule has 0 aromatic heterocycles. The van der Waals surface area contributed by atoms with Crippen molar-refractivity contribution in [2.45, 2.75) is 51.6 Å². The highest BCUT2D eigenvalue weighted by Gasteiger charge is 2.27. The molecule has 0 unspecified atom stereocenters. The van der Waals surface area contributed by atoms with Gasteiger partial charge < -0.3 is 20.7 Å². The van der Waals surface area contributed by atoms with Crippen molar-refractivity contribution in [3.63, 3.8) is 0 Å². The molecule has 2 aromatic rings. The van der Waals surface area contributed by atoms with Crippen LogP contribution in [-0.2, 0) is 32.0 Å². The molecule has 0 aliphatic rings. The van der Waals surface area contributed by atoms with E-state index in [-0.39, 0.29) is 24.1 Å². The Balaban J connectivity index is 2.11. The summed E-state index contributed by atoms with van der Waals surface area (Å²) in [5.74, 6) is -0.894. The van der Waals surface area contributed by atoms with Crippen LogP contribution in [0.3, 0.4) is 0 Å². The highest BCUT2D eigenvalue weighted by Crippen LogP contribution is 2.07. The first-order valence-electron chi connectivity index (χ1n) is 11.6. The van der Waals surface area contributed by atoms with Crippen LogP contribution in [0, 0.1) is 0 Å². The lowest BCUT2D eigenvalue weighted by Crippen LogP contribution is -2.55. The van der Waals surface area contributed by atoms with Crippen LogP contribution in [0.4, 0.5) is 0 Å². The molecular weight excluding hydrogens is 418 g/mol. The third kappa shape index (κ3) is 9.87. The second kappa shape index (κ2) is 14.8. The second-order valence-corrected chi connectivity index (χ2v) is 7.82. The predicted molar refractivity (Wildman–Crippen MR) is 129 cm³/mol. The summed E-state index contributed by atoms with van der Waals surface area (Å²) in [4.78, 5) is 38.2. The zero-order valence-corrected chi connectivity index (χ0v) is 19.5. The molecule has 3 amide bonds. The number of benzene rings is 2. The second-order valence-electron chi connectivity index (χ2n) is 7.82. The number of carbonyl (C=O) groups is 3. The van der Waals surface area contributed by atoms with E-state index in [1.165, 1.54) is 0 Å². The lowest BCUT2D eigenvalue weighted by atomic mass is 10.0. The van der Waals surface area contributed by atoms with E-state index >= 15 is 0 Å². The Kier molecular flexibility index (Phi) is 11.7. The molecule has 0 saturated heterocycles. The molecule has 2 aromatic carbocycles. The van der Waals surface area contributed by atoms with Crippen LogP contribution >= 0.6 is 0 Å². The summed E-state index contributed by atoms with van der Waals surface area (Å²) in [6, 6.07) is 17.4. The first kappa shape index (κ1) is 26.1. The maximum atomic E-state index is 13.2. The van der Waals surface area contributed by atoms with E-state index in [0.29, 0.717) is 32.6 Å². The van der Waals surface area contributed by atoms with Crippen LogP contribution in [0.5, 0.6) is 0 Å². The van der Waals surface area contributed by atoms with Gasteiger partial charge in [-0.2, -0.15) is 0 Å². The monoisotopic (exact) mass is 453 g/mol. The summed E-state index contributed by atoms with van der Waals surface area (Å²) in [6.07, 6.45) is 1.86. The molecule has 33 heavy (non-hydrogen) atoms. The number of ether oxygens (including phenoxy) is 1. The summed E-state index contributed by atoms with van der Waals surface area (Å²) in [6.45, 7) is 5.17. The van der Waals surface area contributed by atoms with Gasteiger partial charge >= 0.3 is 0 Å².